The second-order valence-electron chi connectivity index (χ2n) is 5.90. The van der Waals surface area contributed by atoms with E-state index in [-0.39, 0.29) is 18.2 Å². The fourth-order valence-electron chi connectivity index (χ4n) is 2.81. The van der Waals surface area contributed by atoms with E-state index in [1.165, 1.54) is 0 Å². The fourth-order valence-corrected chi connectivity index (χ4v) is 3.11. The number of hydrogen-bond donors (Lipinski definition) is 2. The van der Waals surface area contributed by atoms with Crippen molar-refractivity contribution in [2.24, 2.45) is 0 Å². The molecule has 0 radical (unpaired) electrons. The van der Waals surface area contributed by atoms with Gasteiger partial charge in [0, 0.05) is 31.9 Å². The molecule has 1 atom stereocenters. The molecule has 2 rings (SSSR count). The van der Waals surface area contributed by atoms with Crippen LogP contribution in [0.3, 0.4) is 0 Å². The van der Waals surface area contributed by atoms with Crippen molar-refractivity contribution in [3.05, 3.63) is 29.8 Å². The first-order chi connectivity index (χ1) is 12.1. The van der Waals surface area contributed by atoms with Gasteiger partial charge in [-0.25, -0.2) is 0 Å². The molecule has 2 N–H and O–H groups in total. The number of amides is 2. The molecule has 25 heavy (non-hydrogen) atoms. The van der Waals surface area contributed by atoms with Crippen LogP contribution in [0.15, 0.2) is 24.3 Å². The third kappa shape index (κ3) is 6.25. The number of thioether (sulfide) groups is 1. The smallest absolute Gasteiger partial charge is 0.237 e. The van der Waals surface area contributed by atoms with Crippen LogP contribution >= 0.6 is 11.8 Å². The highest BCUT2D eigenvalue weighted by molar-refractivity contribution is 7.98. The zero-order valence-electron chi connectivity index (χ0n) is 14.9. The van der Waals surface area contributed by atoms with Crippen LogP contribution in [0.25, 0.3) is 0 Å². The van der Waals surface area contributed by atoms with Crippen molar-refractivity contribution < 1.29 is 14.3 Å². The molecular weight excluding hydrogens is 338 g/mol. The van der Waals surface area contributed by atoms with Gasteiger partial charge in [0.15, 0.2) is 0 Å². The topological polar surface area (TPSA) is 70.7 Å². The molecule has 1 fully saturated rings. The van der Waals surface area contributed by atoms with E-state index < -0.39 is 6.04 Å². The summed E-state index contributed by atoms with van der Waals surface area (Å²) in [6, 6.07) is 7.47. The van der Waals surface area contributed by atoms with Crippen LogP contribution in [0.5, 0.6) is 5.75 Å². The van der Waals surface area contributed by atoms with Crippen LogP contribution in [-0.2, 0) is 16.1 Å². The van der Waals surface area contributed by atoms with E-state index in [0.717, 1.165) is 23.6 Å². The minimum atomic E-state index is -0.422. The average molecular weight is 365 g/mol. The Morgan fingerprint density at radius 1 is 1.40 bits per heavy atom. The van der Waals surface area contributed by atoms with Gasteiger partial charge < -0.3 is 15.4 Å². The zero-order chi connectivity index (χ0) is 18.1. The van der Waals surface area contributed by atoms with Crippen molar-refractivity contribution in [3.63, 3.8) is 0 Å². The summed E-state index contributed by atoms with van der Waals surface area (Å²) in [6.45, 7) is 5.21. The molecule has 1 aromatic carbocycles. The van der Waals surface area contributed by atoms with Gasteiger partial charge in [0.25, 0.3) is 0 Å². The van der Waals surface area contributed by atoms with E-state index in [4.69, 9.17) is 4.74 Å². The summed E-state index contributed by atoms with van der Waals surface area (Å²) in [5.41, 5.74) is 1.10. The summed E-state index contributed by atoms with van der Waals surface area (Å²) < 4.78 is 5.46. The standard InChI is InChI=1S/C18H27N3O3S/c1-3-24-15-6-4-14(5-7-15)13-21-10-8-20-18(23)16(21)12-17(22)19-9-11-25-2/h4-7,16H,3,8-13H2,1-2H3,(H,19,22)(H,20,23)/t16-/m1/s1. The van der Waals surface area contributed by atoms with Crippen LogP contribution in [0, 0.1) is 0 Å². The third-order valence-corrected chi connectivity index (χ3v) is 4.68. The first kappa shape index (κ1) is 19.6. The number of ether oxygens (including phenoxy) is 1. The Balaban J connectivity index is 1.95. The van der Waals surface area contributed by atoms with Gasteiger partial charge >= 0.3 is 0 Å². The molecule has 1 heterocycles. The SMILES string of the molecule is CCOc1ccc(CN2CCNC(=O)[C@H]2CC(=O)NCCSC)cc1. The van der Waals surface area contributed by atoms with Crippen molar-refractivity contribution in [3.8, 4) is 5.75 Å². The molecule has 0 spiro atoms. The largest absolute Gasteiger partial charge is 0.494 e. The number of piperazine rings is 1. The molecule has 138 valence electrons. The molecule has 0 aromatic heterocycles. The summed E-state index contributed by atoms with van der Waals surface area (Å²) in [6.07, 6.45) is 2.19. The molecule has 0 unspecified atom stereocenters. The molecule has 0 aliphatic carbocycles. The maximum Gasteiger partial charge on any atom is 0.237 e. The number of hydrogen-bond acceptors (Lipinski definition) is 5. The number of carbonyl (C=O) groups is 2. The quantitative estimate of drug-likeness (QED) is 0.645. The highest BCUT2D eigenvalue weighted by atomic mass is 32.2. The molecule has 0 bridgehead atoms. The molecule has 1 saturated heterocycles. The molecule has 1 aromatic rings. The Hall–Kier alpha value is -1.73. The summed E-state index contributed by atoms with van der Waals surface area (Å²) in [5, 5.41) is 5.74. The normalized spacial score (nSPS) is 17.8. The summed E-state index contributed by atoms with van der Waals surface area (Å²) in [4.78, 5) is 26.4. The molecule has 1 aliphatic heterocycles. The van der Waals surface area contributed by atoms with E-state index in [0.29, 0.717) is 26.2 Å². The number of nitrogens with one attached hydrogen (secondary N) is 2. The number of rotatable bonds is 9. The van der Waals surface area contributed by atoms with E-state index in [1.807, 2.05) is 37.4 Å². The van der Waals surface area contributed by atoms with Crippen molar-refractivity contribution in [1.82, 2.24) is 15.5 Å². The molecular formula is C18H27N3O3S. The van der Waals surface area contributed by atoms with Gasteiger partial charge in [0.2, 0.25) is 11.8 Å². The van der Waals surface area contributed by atoms with Gasteiger partial charge in [0.1, 0.15) is 5.75 Å². The van der Waals surface area contributed by atoms with Crippen molar-refractivity contribution in [2.45, 2.75) is 25.9 Å². The number of benzene rings is 1. The summed E-state index contributed by atoms with van der Waals surface area (Å²) in [7, 11) is 0. The second kappa shape index (κ2) is 10.3. The minimum Gasteiger partial charge on any atom is -0.494 e. The van der Waals surface area contributed by atoms with E-state index in [1.54, 1.807) is 11.8 Å². The lowest BCUT2D eigenvalue weighted by Gasteiger charge is -2.34. The summed E-state index contributed by atoms with van der Waals surface area (Å²) in [5.74, 6) is 1.57. The molecule has 7 heteroatoms. The van der Waals surface area contributed by atoms with Crippen molar-refractivity contribution >= 4 is 23.6 Å². The second-order valence-corrected chi connectivity index (χ2v) is 6.89. The van der Waals surface area contributed by atoms with Gasteiger partial charge in [-0.15, -0.1) is 0 Å². The maximum atomic E-state index is 12.2. The lowest BCUT2D eigenvalue weighted by Crippen LogP contribution is -2.56. The fraction of sp³-hybridized carbons (Fsp3) is 0.556. The summed E-state index contributed by atoms with van der Waals surface area (Å²) >= 11 is 1.68. The van der Waals surface area contributed by atoms with Gasteiger partial charge in [0.05, 0.1) is 19.1 Å². The highest BCUT2D eigenvalue weighted by Crippen LogP contribution is 2.17. The van der Waals surface area contributed by atoms with Gasteiger partial charge in [-0.2, -0.15) is 11.8 Å². The molecule has 2 amide bonds. The maximum absolute atomic E-state index is 12.2. The monoisotopic (exact) mass is 365 g/mol. The highest BCUT2D eigenvalue weighted by Gasteiger charge is 2.31. The van der Waals surface area contributed by atoms with Crippen LogP contribution in [-0.4, -0.2) is 61.0 Å². The van der Waals surface area contributed by atoms with Crippen LogP contribution in [0.4, 0.5) is 0 Å². The molecule has 1 aliphatic rings. The van der Waals surface area contributed by atoms with Crippen LogP contribution in [0.2, 0.25) is 0 Å². The van der Waals surface area contributed by atoms with Crippen LogP contribution in [0.1, 0.15) is 18.9 Å². The minimum absolute atomic E-state index is 0.0720. The average Bonchev–Trinajstić information content (AvgIpc) is 2.60. The predicted octanol–water partition coefficient (Wildman–Crippen LogP) is 1.26. The lowest BCUT2D eigenvalue weighted by molar-refractivity contribution is -0.134. The number of nitrogens with zero attached hydrogens (tertiary/aromatic N) is 1. The first-order valence-electron chi connectivity index (χ1n) is 8.63. The van der Waals surface area contributed by atoms with Gasteiger partial charge in [-0.05, 0) is 30.9 Å². The van der Waals surface area contributed by atoms with Gasteiger partial charge in [-0.1, -0.05) is 12.1 Å². The van der Waals surface area contributed by atoms with Gasteiger partial charge in [-0.3, -0.25) is 14.5 Å². The molecule has 0 saturated carbocycles. The zero-order valence-corrected chi connectivity index (χ0v) is 15.7. The Kier molecular flexibility index (Phi) is 8.08. The lowest BCUT2D eigenvalue weighted by atomic mass is 10.1. The Morgan fingerprint density at radius 3 is 2.84 bits per heavy atom. The Bertz CT molecular complexity index is 565. The van der Waals surface area contributed by atoms with E-state index >= 15 is 0 Å². The molecule has 6 nitrogen and oxygen atoms in total. The van der Waals surface area contributed by atoms with Crippen LogP contribution < -0.4 is 15.4 Å². The number of carbonyl (C=O) groups excluding carboxylic acids is 2. The first-order valence-corrected chi connectivity index (χ1v) is 10.0. The van der Waals surface area contributed by atoms with E-state index in [2.05, 4.69) is 15.5 Å². The van der Waals surface area contributed by atoms with Crippen molar-refractivity contribution in [1.29, 1.82) is 0 Å². The Morgan fingerprint density at radius 2 is 2.16 bits per heavy atom. The predicted molar refractivity (Wildman–Crippen MR) is 101 cm³/mol. The van der Waals surface area contributed by atoms with Crippen molar-refractivity contribution in [2.75, 3.05) is 38.2 Å². The Labute approximate surface area is 153 Å². The third-order valence-electron chi connectivity index (χ3n) is 4.07. The van der Waals surface area contributed by atoms with E-state index in [9.17, 15) is 9.59 Å².